The average molecular weight is 403 g/mol. The summed E-state index contributed by atoms with van der Waals surface area (Å²) in [6.45, 7) is 7.11. The Morgan fingerprint density at radius 1 is 1.07 bits per heavy atom. The van der Waals surface area contributed by atoms with Crippen LogP contribution in [-0.4, -0.2) is 24.6 Å². The van der Waals surface area contributed by atoms with Crippen molar-refractivity contribution in [1.82, 2.24) is 0 Å². The molecule has 8 atom stereocenters. The number of ketones is 2. The summed E-state index contributed by atoms with van der Waals surface area (Å²) < 4.78 is 4.85. The van der Waals surface area contributed by atoms with Crippen LogP contribution in [0, 0.1) is 46.3 Å². The van der Waals surface area contributed by atoms with Crippen molar-refractivity contribution in [2.24, 2.45) is 46.3 Å². The minimum atomic E-state index is -0.107. The number of methoxy groups -OCH3 is 1. The summed E-state index contributed by atoms with van der Waals surface area (Å²) in [7, 11) is 1.47. The zero-order valence-electron chi connectivity index (χ0n) is 18.7. The molecule has 0 heterocycles. The van der Waals surface area contributed by atoms with Gasteiger partial charge in [-0.15, -0.1) is 0 Å². The number of hydrogen-bond acceptors (Lipinski definition) is 4. The molecular weight excluding hydrogens is 364 g/mol. The molecule has 0 bridgehead atoms. The SMILES string of the molecule is COC(=O)CCC(C)[C@H]1CCC2C3CC(=O)[C@H]4CC(=O)CC[C@]4(C)C3CC[C@@]21C. The van der Waals surface area contributed by atoms with E-state index in [1.807, 2.05) is 0 Å². The van der Waals surface area contributed by atoms with E-state index >= 15 is 0 Å². The fourth-order valence-electron chi connectivity index (χ4n) is 8.46. The molecule has 4 heteroatoms. The van der Waals surface area contributed by atoms with Gasteiger partial charge in [0, 0.05) is 31.6 Å². The van der Waals surface area contributed by atoms with Crippen molar-refractivity contribution in [1.29, 1.82) is 0 Å². The number of hydrogen-bond donors (Lipinski definition) is 0. The quantitative estimate of drug-likeness (QED) is 0.622. The highest BCUT2D eigenvalue weighted by molar-refractivity contribution is 5.90. The lowest BCUT2D eigenvalue weighted by Gasteiger charge is -2.59. The van der Waals surface area contributed by atoms with Crippen molar-refractivity contribution in [3.63, 3.8) is 0 Å². The van der Waals surface area contributed by atoms with Gasteiger partial charge >= 0.3 is 5.97 Å². The first kappa shape index (κ1) is 21.1. The average Bonchev–Trinajstić information content (AvgIpc) is 3.05. The summed E-state index contributed by atoms with van der Waals surface area (Å²) in [5.74, 6) is 3.38. The van der Waals surface area contributed by atoms with Crippen LogP contribution >= 0.6 is 0 Å². The zero-order valence-corrected chi connectivity index (χ0v) is 18.7. The number of ether oxygens (including phenoxy) is 1. The number of esters is 1. The van der Waals surface area contributed by atoms with Crippen LogP contribution in [0.25, 0.3) is 0 Å². The standard InChI is InChI=1S/C25H38O4/c1-15(5-8-23(28)29-4)18-6-7-19-17-14-22(27)21-13-16(26)9-11-25(21,3)20(17)10-12-24(18,19)2/h15,17-21H,5-14H2,1-4H3/t15?,17?,18-,19?,20?,21-,24-,25-/m1/s1. The molecule has 4 aliphatic rings. The Kier molecular flexibility index (Phi) is 5.44. The summed E-state index contributed by atoms with van der Waals surface area (Å²) in [4.78, 5) is 36.8. The Hall–Kier alpha value is -1.19. The summed E-state index contributed by atoms with van der Waals surface area (Å²) in [6.07, 6.45) is 9.04. The lowest BCUT2D eigenvalue weighted by atomic mass is 9.44. The second kappa shape index (κ2) is 7.50. The van der Waals surface area contributed by atoms with Crippen LogP contribution < -0.4 is 0 Å². The van der Waals surface area contributed by atoms with Gasteiger partial charge in [0.2, 0.25) is 0 Å². The Bertz CT molecular complexity index is 699. The zero-order chi connectivity index (χ0) is 21.0. The number of carbonyl (C=O) groups is 3. The maximum absolute atomic E-state index is 13.1. The molecule has 162 valence electrons. The minimum Gasteiger partial charge on any atom is -0.469 e. The van der Waals surface area contributed by atoms with Crippen LogP contribution in [0.3, 0.4) is 0 Å². The lowest BCUT2D eigenvalue weighted by molar-refractivity contribution is -0.159. The summed E-state index contributed by atoms with van der Waals surface area (Å²) >= 11 is 0. The van der Waals surface area contributed by atoms with Crippen LogP contribution in [0.4, 0.5) is 0 Å². The predicted octanol–water partition coefficient (Wildman–Crippen LogP) is 4.98. The molecule has 0 radical (unpaired) electrons. The fraction of sp³-hybridized carbons (Fsp3) is 0.880. The summed E-state index contributed by atoms with van der Waals surface area (Å²) in [5, 5.41) is 0. The molecule has 0 aliphatic heterocycles. The third-order valence-corrected chi connectivity index (χ3v) is 10.1. The topological polar surface area (TPSA) is 60.4 Å². The van der Waals surface area contributed by atoms with Gasteiger partial charge in [0.1, 0.15) is 11.6 Å². The monoisotopic (exact) mass is 402 g/mol. The van der Waals surface area contributed by atoms with Crippen LogP contribution in [-0.2, 0) is 19.1 Å². The highest BCUT2D eigenvalue weighted by Gasteiger charge is 2.62. The number of fused-ring (bicyclic) bond motifs is 5. The number of rotatable bonds is 4. The van der Waals surface area contributed by atoms with Gasteiger partial charge in [-0.2, -0.15) is 0 Å². The Morgan fingerprint density at radius 2 is 1.79 bits per heavy atom. The molecular formula is C25H38O4. The first-order valence-corrected chi connectivity index (χ1v) is 11.8. The smallest absolute Gasteiger partial charge is 0.305 e. The Morgan fingerprint density at radius 3 is 2.52 bits per heavy atom. The second-order valence-electron chi connectivity index (χ2n) is 11.2. The van der Waals surface area contributed by atoms with E-state index in [1.165, 1.54) is 32.8 Å². The highest BCUT2D eigenvalue weighted by atomic mass is 16.5. The normalized spacial score (nSPS) is 45.2. The molecule has 29 heavy (non-hydrogen) atoms. The molecule has 4 fully saturated rings. The molecule has 0 aromatic carbocycles. The molecule has 4 aliphatic carbocycles. The van der Waals surface area contributed by atoms with Gasteiger partial charge in [-0.1, -0.05) is 20.8 Å². The number of carbonyl (C=O) groups excluding carboxylic acids is 3. The van der Waals surface area contributed by atoms with Crippen molar-refractivity contribution >= 4 is 17.5 Å². The van der Waals surface area contributed by atoms with E-state index in [4.69, 9.17) is 4.74 Å². The highest BCUT2D eigenvalue weighted by Crippen LogP contribution is 2.67. The molecule has 0 aromatic heterocycles. The van der Waals surface area contributed by atoms with Crippen molar-refractivity contribution < 1.29 is 19.1 Å². The maximum atomic E-state index is 13.1. The summed E-state index contributed by atoms with van der Waals surface area (Å²) in [5.41, 5.74) is 0.314. The lowest BCUT2D eigenvalue weighted by Crippen LogP contribution is -2.56. The van der Waals surface area contributed by atoms with E-state index in [0.717, 1.165) is 12.8 Å². The fourth-order valence-corrected chi connectivity index (χ4v) is 8.46. The van der Waals surface area contributed by atoms with E-state index in [9.17, 15) is 14.4 Å². The first-order valence-electron chi connectivity index (χ1n) is 11.8. The van der Waals surface area contributed by atoms with Crippen molar-refractivity contribution in [3.8, 4) is 0 Å². The first-order chi connectivity index (χ1) is 13.7. The van der Waals surface area contributed by atoms with E-state index in [2.05, 4.69) is 20.8 Å². The summed E-state index contributed by atoms with van der Waals surface area (Å²) in [6, 6.07) is 0. The van der Waals surface area contributed by atoms with Gasteiger partial charge in [0.15, 0.2) is 0 Å². The molecule has 0 saturated heterocycles. The van der Waals surface area contributed by atoms with E-state index in [-0.39, 0.29) is 22.7 Å². The van der Waals surface area contributed by atoms with E-state index in [0.29, 0.717) is 66.8 Å². The van der Waals surface area contributed by atoms with Gasteiger partial charge in [-0.25, -0.2) is 0 Å². The molecule has 0 amide bonds. The van der Waals surface area contributed by atoms with Gasteiger partial charge < -0.3 is 4.74 Å². The molecule has 4 rings (SSSR count). The van der Waals surface area contributed by atoms with Crippen molar-refractivity contribution in [2.75, 3.05) is 7.11 Å². The van der Waals surface area contributed by atoms with Crippen LogP contribution in [0.5, 0.6) is 0 Å². The molecule has 0 N–H and O–H groups in total. The van der Waals surface area contributed by atoms with Gasteiger partial charge in [0.25, 0.3) is 0 Å². The minimum absolute atomic E-state index is 0.0227. The van der Waals surface area contributed by atoms with E-state index < -0.39 is 0 Å². The Labute approximate surface area is 175 Å². The molecule has 0 spiro atoms. The van der Waals surface area contributed by atoms with Crippen molar-refractivity contribution in [3.05, 3.63) is 0 Å². The molecule has 4 unspecified atom stereocenters. The van der Waals surface area contributed by atoms with Crippen LogP contribution in [0.15, 0.2) is 0 Å². The van der Waals surface area contributed by atoms with E-state index in [1.54, 1.807) is 0 Å². The molecule has 4 saturated carbocycles. The predicted molar refractivity (Wildman–Crippen MR) is 111 cm³/mol. The largest absolute Gasteiger partial charge is 0.469 e. The van der Waals surface area contributed by atoms with Crippen LogP contribution in [0.2, 0.25) is 0 Å². The van der Waals surface area contributed by atoms with Gasteiger partial charge in [-0.05, 0) is 78.9 Å². The Balaban J connectivity index is 1.53. The van der Waals surface area contributed by atoms with Gasteiger partial charge in [0.05, 0.1) is 7.11 Å². The molecule has 4 nitrogen and oxygen atoms in total. The van der Waals surface area contributed by atoms with Crippen molar-refractivity contribution in [2.45, 2.75) is 85.0 Å². The third kappa shape index (κ3) is 3.29. The maximum Gasteiger partial charge on any atom is 0.305 e. The molecule has 0 aromatic rings. The third-order valence-electron chi connectivity index (χ3n) is 10.1. The second-order valence-corrected chi connectivity index (χ2v) is 11.2. The van der Waals surface area contributed by atoms with Gasteiger partial charge in [-0.3, -0.25) is 14.4 Å². The number of Topliss-reactive ketones (excluding diaryl/α,β-unsaturated/α-hetero) is 2. The van der Waals surface area contributed by atoms with Crippen LogP contribution in [0.1, 0.15) is 85.0 Å².